The van der Waals surface area contributed by atoms with E-state index in [1.807, 2.05) is 29.1 Å². The van der Waals surface area contributed by atoms with Gasteiger partial charge in [-0.2, -0.15) is 5.10 Å². The smallest absolute Gasteiger partial charge is 0.0649 e. The summed E-state index contributed by atoms with van der Waals surface area (Å²) in [4.78, 5) is 5.68. The first kappa shape index (κ1) is 15.7. The summed E-state index contributed by atoms with van der Waals surface area (Å²) in [5.41, 5.74) is 6.00. The highest BCUT2D eigenvalue weighted by molar-refractivity contribution is 5.86. The Hall–Kier alpha value is -2.85. The van der Waals surface area contributed by atoms with Crippen LogP contribution in [0.25, 0.3) is 16.6 Å². The van der Waals surface area contributed by atoms with Crippen molar-refractivity contribution in [3.8, 4) is 5.69 Å². The number of hydrogen-bond donors (Lipinski definition) is 1. The Labute approximate surface area is 147 Å². The molecule has 1 N–H and O–H groups in total. The normalized spacial score (nSPS) is 12.8. The molecule has 0 aliphatic heterocycles. The van der Waals surface area contributed by atoms with Gasteiger partial charge in [0.25, 0.3) is 0 Å². The van der Waals surface area contributed by atoms with Gasteiger partial charge in [-0.3, -0.25) is 4.90 Å². The minimum atomic E-state index is 0.146. The maximum absolute atomic E-state index is 4.58. The standard InChI is InChI=1S/C21H22N4/c1-15-8-7-11-18-19(13-22-20(15)18)21(24(2)3)16-12-23-25(14-16)17-9-5-4-6-10-17/h4-14,21-22H,1-3H3. The van der Waals surface area contributed by atoms with Crippen LogP contribution in [0.4, 0.5) is 0 Å². The van der Waals surface area contributed by atoms with Crippen molar-refractivity contribution >= 4 is 10.9 Å². The molecule has 4 heteroatoms. The van der Waals surface area contributed by atoms with E-state index < -0.39 is 0 Å². The molecular weight excluding hydrogens is 308 g/mol. The molecule has 0 aliphatic rings. The Balaban J connectivity index is 1.80. The van der Waals surface area contributed by atoms with Crippen LogP contribution in [0.5, 0.6) is 0 Å². The zero-order valence-corrected chi connectivity index (χ0v) is 14.8. The van der Waals surface area contributed by atoms with Gasteiger partial charge in [0.2, 0.25) is 0 Å². The average Bonchev–Trinajstić information content (AvgIpc) is 3.25. The number of aryl methyl sites for hydroxylation is 1. The van der Waals surface area contributed by atoms with E-state index in [9.17, 15) is 0 Å². The Bertz CT molecular complexity index is 995. The third-order valence-electron chi connectivity index (χ3n) is 4.71. The molecule has 0 aliphatic carbocycles. The number of fused-ring (bicyclic) bond motifs is 1. The summed E-state index contributed by atoms with van der Waals surface area (Å²) in [6.07, 6.45) is 6.21. The van der Waals surface area contributed by atoms with Crippen molar-refractivity contribution in [3.63, 3.8) is 0 Å². The molecule has 4 aromatic rings. The van der Waals surface area contributed by atoms with E-state index in [2.05, 4.69) is 78.7 Å². The van der Waals surface area contributed by atoms with Crippen molar-refractivity contribution in [1.29, 1.82) is 0 Å². The van der Waals surface area contributed by atoms with Crippen molar-refractivity contribution in [2.75, 3.05) is 14.1 Å². The quantitative estimate of drug-likeness (QED) is 0.605. The number of aromatic nitrogens is 3. The zero-order chi connectivity index (χ0) is 17.4. The number of hydrogen-bond acceptors (Lipinski definition) is 2. The van der Waals surface area contributed by atoms with Gasteiger partial charge in [-0.15, -0.1) is 0 Å². The van der Waals surface area contributed by atoms with Crippen LogP contribution < -0.4 is 0 Å². The van der Waals surface area contributed by atoms with E-state index >= 15 is 0 Å². The SMILES string of the molecule is Cc1cccc2c(C(c3cnn(-c4ccccc4)c3)N(C)C)c[nH]c12. The predicted octanol–water partition coefficient (Wildman–Crippen LogP) is 4.31. The summed E-state index contributed by atoms with van der Waals surface area (Å²) in [6.45, 7) is 2.14. The lowest BCUT2D eigenvalue weighted by Crippen LogP contribution is -2.20. The molecule has 2 aromatic heterocycles. The summed E-state index contributed by atoms with van der Waals surface area (Å²) in [5, 5.41) is 5.85. The zero-order valence-electron chi connectivity index (χ0n) is 14.8. The molecule has 0 bridgehead atoms. The number of benzene rings is 2. The topological polar surface area (TPSA) is 36.9 Å². The van der Waals surface area contributed by atoms with E-state index in [1.165, 1.54) is 27.6 Å². The second-order valence-corrected chi connectivity index (χ2v) is 6.66. The number of nitrogens with one attached hydrogen (secondary N) is 1. The Morgan fingerprint density at radius 3 is 2.60 bits per heavy atom. The van der Waals surface area contributed by atoms with Gasteiger partial charge in [-0.05, 0) is 44.3 Å². The first-order valence-corrected chi connectivity index (χ1v) is 8.48. The van der Waals surface area contributed by atoms with Crippen LogP contribution in [-0.4, -0.2) is 33.8 Å². The van der Waals surface area contributed by atoms with Crippen LogP contribution in [0.15, 0.2) is 67.1 Å². The lowest BCUT2D eigenvalue weighted by atomic mass is 9.99. The van der Waals surface area contributed by atoms with Gasteiger partial charge in [-0.1, -0.05) is 36.4 Å². The van der Waals surface area contributed by atoms with Gasteiger partial charge >= 0.3 is 0 Å². The molecule has 1 unspecified atom stereocenters. The minimum Gasteiger partial charge on any atom is -0.361 e. The fourth-order valence-electron chi connectivity index (χ4n) is 3.51. The predicted molar refractivity (Wildman–Crippen MR) is 102 cm³/mol. The maximum atomic E-state index is 4.58. The Kier molecular flexibility index (Phi) is 3.90. The molecule has 0 radical (unpaired) electrons. The fourth-order valence-corrected chi connectivity index (χ4v) is 3.51. The van der Waals surface area contributed by atoms with Gasteiger partial charge < -0.3 is 4.98 Å². The maximum Gasteiger partial charge on any atom is 0.0649 e. The van der Waals surface area contributed by atoms with Gasteiger partial charge in [0.05, 0.1) is 17.9 Å². The molecule has 4 rings (SSSR count). The van der Waals surface area contributed by atoms with Gasteiger partial charge in [-0.25, -0.2) is 4.68 Å². The highest BCUT2D eigenvalue weighted by Crippen LogP contribution is 2.33. The summed E-state index contributed by atoms with van der Waals surface area (Å²) in [6, 6.07) is 16.8. The molecule has 2 heterocycles. The van der Waals surface area contributed by atoms with E-state index in [0.29, 0.717) is 0 Å². The van der Waals surface area contributed by atoms with Crippen molar-refractivity contribution in [3.05, 3.63) is 83.8 Å². The number of para-hydroxylation sites is 2. The number of aromatic amines is 1. The lowest BCUT2D eigenvalue weighted by Gasteiger charge is -2.23. The molecule has 0 spiro atoms. The number of rotatable bonds is 4. The second kappa shape index (κ2) is 6.22. The summed E-state index contributed by atoms with van der Waals surface area (Å²) >= 11 is 0. The number of nitrogens with zero attached hydrogens (tertiary/aromatic N) is 3. The van der Waals surface area contributed by atoms with Crippen molar-refractivity contribution in [2.45, 2.75) is 13.0 Å². The van der Waals surface area contributed by atoms with Crippen molar-refractivity contribution < 1.29 is 0 Å². The molecule has 25 heavy (non-hydrogen) atoms. The van der Waals surface area contributed by atoms with Crippen LogP contribution in [0.1, 0.15) is 22.7 Å². The van der Waals surface area contributed by atoms with Crippen LogP contribution in [0, 0.1) is 6.92 Å². The van der Waals surface area contributed by atoms with Gasteiger partial charge in [0.1, 0.15) is 0 Å². The first-order chi connectivity index (χ1) is 12.1. The lowest BCUT2D eigenvalue weighted by molar-refractivity contribution is 0.344. The fraction of sp³-hybridized carbons (Fsp3) is 0.190. The summed E-state index contributed by atoms with van der Waals surface area (Å²) in [7, 11) is 4.22. The highest BCUT2D eigenvalue weighted by atomic mass is 15.3. The summed E-state index contributed by atoms with van der Waals surface area (Å²) < 4.78 is 1.94. The highest BCUT2D eigenvalue weighted by Gasteiger charge is 2.22. The molecule has 0 saturated carbocycles. The second-order valence-electron chi connectivity index (χ2n) is 6.66. The van der Waals surface area contributed by atoms with Crippen LogP contribution in [-0.2, 0) is 0 Å². The molecule has 0 amide bonds. The van der Waals surface area contributed by atoms with Crippen LogP contribution >= 0.6 is 0 Å². The molecule has 1 atom stereocenters. The van der Waals surface area contributed by atoms with Gasteiger partial charge in [0.15, 0.2) is 0 Å². The monoisotopic (exact) mass is 330 g/mol. The van der Waals surface area contributed by atoms with E-state index in [-0.39, 0.29) is 6.04 Å². The number of H-pyrrole nitrogens is 1. The van der Waals surface area contributed by atoms with Crippen molar-refractivity contribution in [1.82, 2.24) is 19.7 Å². The largest absolute Gasteiger partial charge is 0.361 e. The molecule has 4 nitrogen and oxygen atoms in total. The van der Waals surface area contributed by atoms with Gasteiger partial charge in [0, 0.05) is 28.9 Å². The van der Waals surface area contributed by atoms with E-state index in [1.54, 1.807) is 0 Å². The summed E-state index contributed by atoms with van der Waals surface area (Å²) in [5.74, 6) is 0. The molecule has 126 valence electrons. The van der Waals surface area contributed by atoms with Crippen LogP contribution in [0.2, 0.25) is 0 Å². The van der Waals surface area contributed by atoms with Crippen molar-refractivity contribution in [2.24, 2.45) is 0 Å². The Morgan fingerprint density at radius 1 is 1.04 bits per heavy atom. The third-order valence-corrected chi connectivity index (χ3v) is 4.71. The molecule has 2 aromatic carbocycles. The first-order valence-electron chi connectivity index (χ1n) is 8.48. The van der Waals surface area contributed by atoms with E-state index in [0.717, 1.165) is 5.69 Å². The minimum absolute atomic E-state index is 0.146. The molecular formula is C21H22N4. The third kappa shape index (κ3) is 2.75. The van der Waals surface area contributed by atoms with Crippen LogP contribution in [0.3, 0.4) is 0 Å². The Morgan fingerprint density at radius 2 is 1.84 bits per heavy atom. The molecule has 0 saturated heterocycles. The molecule has 0 fully saturated rings. The van der Waals surface area contributed by atoms with E-state index in [4.69, 9.17) is 0 Å². The average molecular weight is 330 g/mol.